The van der Waals surface area contributed by atoms with E-state index in [9.17, 15) is 22.8 Å². The summed E-state index contributed by atoms with van der Waals surface area (Å²) in [6.45, 7) is 10.4. The fraction of sp³-hybridized carbons (Fsp3) is 0.318. The highest BCUT2D eigenvalue weighted by molar-refractivity contribution is 7.13. The van der Waals surface area contributed by atoms with Crippen LogP contribution in [0, 0.1) is 0 Å². The van der Waals surface area contributed by atoms with Gasteiger partial charge in [0.05, 0.1) is 17.8 Å². The second-order valence-electron chi connectivity index (χ2n) is 7.21. The zero-order valence-corrected chi connectivity index (χ0v) is 19.4. The molecule has 2 amide bonds. The number of thiazole rings is 1. The highest BCUT2D eigenvalue weighted by atomic mass is 32.1. The third-order valence-corrected chi connectivity index (χ3v) is 5.45. The Bertz CT molecular complexity index is 1100. The van der Waals surface area contributed by atoms with Gasteiger partial charge in [0.25, 0.3) is 11.8 Å². The number of hydrogen-bond donors (Lipinski definition) is 2. The minimum Gasteiger partial charge on any atom is -0.342 e. The zero-order valence-electron chi connectivity index (χ0n) is 18.6. The van der Waals surface area contributed by atoms with Crippen molar-refractivity contribution in [3.63, 3.8) is 0 Å². The lowest BCUT2D eigenvalue weighted by Crippen LogP contribution is -2.32. The molecule has 2 aromatic rings. The molecule has 0 aliphatic carbocycles. The van der Waals surface area contributed by atoms with Gasteiger partial charge in [0, 0.05) is 12.4 Å². The summed E-state index contributed by atoms with van der Waals surface area (Å²) in [5, 5.41) is 5.55. The molecular formula is C22H24F3N5O2S. The number of carbonyl (C=O) groups excluding carboxylic acids is 2. The lowest BCUT2D eigenvalue weighted by molar-refractivity contribution is -0.138. The summed E-state index contributed by atoms with van der Waals surface area (Å²) in [6, 6.07) is 0.272. The number of hydrogen-bond acceptors (Lipinski definition) is 6. The number of halogens is 3. The molecule has 2 aromatic heterocycles. The molecule has 0 saturated carbocycles. The number of aromatic nitrogens is 2. The number of rotatable bonds is 8. The Hall–Kier alpha value is -3.34. The Labute approximate surface area is 193 Å². The van der Waals surface area contributed by atoms with Gasteiger partial charge in [-0.2, -0.15) is 13.2 Å². The first-order valence-electron chi connectivity index (χ1n) is 9.93. The maximum atomic E-state index is 13.2. The van der Waals surface area contributed by atoms with Gasteiger partial charge in [-0.3, -0.25) is 14.6 Å². The number of aliphatic imine (C=N–C) groups is 1. The second kappa shape index (κ2) is 11.0. The van der Waals surface area contributed by atoms with Gasteiger partial charge in [-0.15, -0.1) is 11.3 Å². The number of nitrogens with one attached hydrogen (secondary N) is 2. The van der Waals surface area contributed by atoms with Crippen molar-refractivity contribution in [2.45, 2.75) is 46.3 Å². The topological polar surface area (TPSA) is 96.3 Å². The summed E-state index contributed by atoms with van der Waals surface area (Å²) >= 11 is 1.00. The third kappa shape index (κ3) is 7.07. The quantitative estimate of drug-likeness (QED) is 0.515. The van der Waals surface area contributed by atoms with Crippen LogP contribution >= 0.6 is 11.3 Å². The first-order chi connectivity index (χ1) is 15.5. The summed E-state index contributed by atoms with van der Waals surface area (Å²) in [7, 11) is 0. The molecule has 2 rings (SSSR count). The average Bonchev–Trinajstić information content (AvgIpc) is 3.23. The Morgan fingerprint density at radius 1 is 1.27 bits per heavy atom. The largest absolute Gasteiger partial charge is 0.416 e. The van der Waals surface area contributed by atoms with E-state index in [1.54, 1.807) is 19.9 Å². The van der Waals surface area contributed by atoms with Crippen LogP contribution in [0.5, 0.6) is 0 Å². The third-order valence-electron chi connectivity index (χ3n) is 4.27. The Morgan fingerprint density at radius 2 is 1.97 bits per heavy atom. The summed E-state index contributed by atoms with van der Waals surface area (Å²) in [6.07, 6.45) is 0.858. The molecule has 2 N–H and O–H groups in total. The van der Waals surface area contributed by atoms with Crippen LogP contribution in [0.3, 0.4) is 0 Å². The van der Waals surface area contributed by atoms with Crippen LogP contribution in [0.25, 0.3) is 0 Å². The first-order valence-corrected chi connectivity index (χ1v) is 10.8. The van der Waals surface area contributed by atoms with Crippen molar-refractivity contribution in [1.29, 1.82) is 0 Å². The smallest absolute Gasteiger partial charge is 0.342 e. The minimum atomic E-state index is -4.56. The standard InChI is InChI=1S/C22H24F3N5O2S/c1-6-14-10-27-18(9-15(14)22(23,24)25)30-20(32)17-11-28-21(33-17)13(5)29-19(31)16(26-7-2)8-12(3)4/h7-11,13H,2,6H2,1,3-5H3,(H,29,31)(H,27,30,32)/b26-16+. The van der Waals surface area contributed by atoms with Crippen LogP contribution < -0.4 is 10.6 Å². The van der Waals surface area contributed by atoms with E-state index in [2.05, 4.69) is 32.2 Å². The first kappa shape index (κ1) is 25.9. The molecule has 2 heterocycles. The number of aryl methyl sites for hydroxylation is 1. The van der Waals surface area contributed by atoms with Gasteiger partial charge in [0.15, 0.2) is 0 Å². The lowest BCUT2D eigenvalue weighted by Gasteiger charge is -2.13. The van der Waals surface area contributed by atoms with E-state index in [1.165, 1.54) is 12.4 Å². The molecule has 0 aliphatic rings. The monoisotopic (exact) mass is 479 g/mol. The summed E-state index contributed by atoms with van der Waals surface area (Å²) < 4.78 is 39.7. The van der Waals surface area contributed by atoms with Crippen molar-refractivity contribution in [2.75, 3.05) is 5.32 Å². The summed E-state index contributed by atoms with van der Waals surface area (Å²) in [5.41, 5.74) is 0.247. The number of nitrogens with zero attached hydrogens (tertiary/aromatic N) is 3. The van der Waals surface area contributed by atoms with E-state index < -0.39 is 29.6 Å². The molecule has 1 atom stereocenters. The number of allylic oxidation sites excluding steroid dienone is 1. The molecule has 176 valence electrons. The van der Waals surface area contributed by atoms with Gasteiger partial charge in [0.1, 0.15) is 21.4 Å². The highest BCUT2D eigenvalue weighted by Crippen LogP contribution is 2.33. The maximum Gasteiger partial charge on any atom is 0.416 e. The van der Waals surface area contributed by atoms with Crippen LogP contribution in [-0.4, -0.2) is 27.5 Å². The molecule has 1 unspecified atom stereocenters. The van der Waals surface area contributed by atoms with E-state index in [4.69, 9.17) is 0 Å². The Morgan fingerprint density at radius 3 is 2.55 bits per heavy atom. The van der Waals surface area contributed by atoms with Crippen molar-refractivity contribution in [2.24, 2.45) is 4.99 Å². The molecule has 0 fully saturated rings. The van der Waals surface area contributed by atoms with Crippen LogP contribution in [0.15, 0.2) is 47.9 Å². The fourth-order valence-electron chi connectivity index (χ4n) is 2.73. The van der Waals surface area contributed by atoms with E-state index >= 15 is 0 Å². The summed E-state index contributed by atoms with van der Waals surface area (Å²) in [4.78, 5) is 37.1. The number of amides is 2. The van der Waals surface area contributed by atoms with Gasteiger partial charge >= 0.3 is 6.18 Å². The van der Waals surface area contributed by atoms with Crippen LogP contribution in [0.1, 0.15) is 59.5 Å². The van der Waals surface area contributed by atoms with Gasteiger partial charge in [-0.1, -0.05) is 19.1 Å². The van der Waals surface area contributed by atoms with Crippen molar-refractivity contribution in [3.8, 4) is 0 Å². The molecule has 33 heavy (non-hydrogen) atoms. The molecule has 0 bridgehead atoms. The van der Waals surface area contributed by atoms with Crippen molar-refractivity contribution in [3.05, 3.63) is 63.9 Å². The Kier molecular flexibility index (Phi) is 8.63. The molecular weight excluding hydrogens is 455 g/mol. The van der Waals surface area contributed by atoms with Crippen LogP contribution in [0.2, 0.25) is 0 Å². The number of anilines is 1. The van der Waals surface area contributed by atoms with Crippen molar-refractivity contribution in [1.82, 2.24) is 15.3 Å². The average molecular weight is 480 g/mol. The van der Waals surface area contributed by atoms with Gasteiger partial charge in [0.2, 0.25) is 0 Å². The molecule has 0 aromatic carbocycles. The predicted molar refractivity (Wildman–Crippen MR) is 122 cm³/mol. The molecule has 0 saturated heterocycles. The van der Waals surface area contributed by atoms with Crippen LogP contribution in [0.4, 0.5) is 19.0 Å². The van der Waals surface area contributed by atoms with E-state index in [1.807, 2.05) is 13.8 Å². The lowest BCUT2D eigenvalue weighted by atomic mass is 10.1. The van der Waals surface area contributed by atoms with E-state index in [-0.39, 0.29) is 28.4 Å². The molecule has 0 aliphatic heterocycles. The number of carbonyl (C=O) groups is 2. The fourth-order valence-corrected chi connectivity index (χ4v) is 3.55. The number of alkyl halides is 3. The predicted octanol–water partition coefficient (Wildman–Crippen LogP) is 5.10. The normalized spacial score (nSPS) is 12.6. The Balaban J connectivity index is 2.14. The number of pyridine rings is 1. The second-order valence-corrected chi connectivity index (χ2v) is 8.27. The SMILES string of the molecule is C=C/N=C(\C=C(C)C)C(=O)NC(C)c1ncc(C(=O)Nc2cc(C(F)(F)F)c(CC)cn2)s1. The van der Waals surface area contributed by atoms with E-state index in [0.29, 0.717) is 5.01 Å². The van der Waals surface area contributed by atoms with Gasteiger partial charge in [-0.25, -0.2) is 9.97 Å². The van der Waals surface area contributed by atoms with Crippen molar-refractivity contribution < 1.29 is 22.8 Å². The molecule has 11 heteroatoms. The highest BCUT2D eigenvalue weighted by Gasteiger charge is 2.33. The van der Waals surface area contributed by atoms with Gasteiger partial charge in [-0.05, 0) is 44.9 Å². The minimum absolute atomic E-state index is 0.0395. The maximum absolute atomic E-state index is 13.2. The molecule has 0 spiro atoms. The molecule has 0 radical (unpaired) electrons. The van der Waals surface area contributed by atoms with Gasteiger partial charge < -0.3 is 10.6 Å². The van der Waals surface area contributed by atoms with Crippen molar-refractivity contribution >= 4 is 34.7 Å². The zero-order chi connectivity index (χ0) is 24.8. The molecule has 7 nitrogen and oxygen atoms in total. The van der Waals surface area contributed by atoms with E-state index in [0.717, 1.165) is 29.2 Å². The summed E-state index contributed by atoms with van der Waals surface area (Å²) in [5.74, 6) is -1.31. The van der Waals surface area contributed by atoms with Crippen LogP contribution in [-0.2, 0) is 17.4 Å².